The molecule has 2 aliphatic carbocycles. The summed E-state index contributed by atoms with van der Waals surface area (Å²) in [6.07, 6.45) is 8.63. The third-order valence-corrected chi connectivity index (χ3v) is 6.96. The zero-order chi connectivity index (χ0) is 20.1. The number of nitrogens with zero attached hydrogens (tertiary/aromatic N) is 2. The number of hydrogen-bond acceptors (Lipinski definition) is 3. The minimum atomic E-state index is 0. The number of aliphatic imine (C=N–C) groups is 1. The smallest absolute Gasteiger partial charge is 0.225 e. The standard InChI is InChI=1S/C22H40N4O2.HI/c1-5-23-21(24-17-9-13-26(14-10-17)20(27)16(3)4)25-18-15-19(28-6-2)22(18)11-7-8-12-22;/h16-19H,5-15H2,1-4H3,(H2,23,24,25);1H. The molecule has 3 fully saturated rings. The van der Waals surface area contributed by atoms with Crippen LogP contribution in [0.15, 0.2) is 4.99 Å². The zero-order valence-electron chi connectivity index (χ0n) is 18.7. The van der Waals surface area contributed by atoms with Crippen molar-refractivity contribution in [1.82, 2.24) is 15.5 Å². The van der Waals surface area contributed by atoms with E-state index in [0.717, 1.165) is 51.5 Å². The minimum Gasteiger partial charge on any atom is -0.378 e. The van der Waals surface area contributed by atoms with E-state index in [1.807, 2.05) is 18.7 Å². The lowest BCUT2D eigenvalue weighted by molar-refractivity contribution is -0.135. The van der Waals surface area contributed by atoms with Crippen LogP contribution in [0.1, 0.15) is 72.6 Å². The monoisotopic (exact) mass is 520 g/mol. The fourth-order valence-electron chi connectivity index (χ4n) is 5.35. The number of guanidine groups is 1. The van der Waals surface area contributed by atoms with Crippen molar-refractivity contribution in [2.24, 2.45) is 16.3 Å². The van der Waals surface area contributed by atoms with E-state index in [4.69, 9.17) is 9.73 Å². The van der Waals surface area contributed by atoms with Crippen LogP contribution in [0.3, 0.4) is 0 Å². The van der Waals surface area contributed by atoms with Gasteiger partial charge in [0.1, 0.15) is 0 Å². The summed E-state index contributed by atoms with van der Waals surface area (Å²) in [6, 6.07) is 0.850. The van der Waals surface area contributed by atoms with Crippen molar-refractivity contribution in [1.29, 1.82) is 0 Å². The van der Waals surface area contributed by atoms with Gasteiger partial charge in [-0.05, 0) is 46.0 Å². The Kier molecular flexibility index (Phi) is 9.51. The quantitative estimate of drug-likeness (QED) is 0.320. The van der Waals surface area contributed by atoms with Gasteiger partial charge in [-0.2, -0.15) is 0 Å². The van der Waals surface area contributed by atoms with Crippen LogP contribution in [0.5, 0.6) is 0 Å². The van der Waals surface area contributed by atoms with Crippen molar-refractivity contribution in [2.45, 2.75) is 90.8 Å². The second-order valence-corrected chi connectivity index (χ2v) is 9.04. The van der Waals surface area contributed by atoms with Crippen molar-refractivity contribution in [3.63, 3.8) is 0 Å². The van der Waals surface area contributed by atoms with Crippen LogP contribution in [-0.4, -0.2) is 61.2 Å². The molecule has 168 valence electrons. The number of carbonyl (C=O) groups is 1. The van der Waals surface area contributed by atoms with Gasteiger partial charge >= 0.3 is 0 Å². The number of amides is 1. The topological polar surface area (TPSA) is 66.0 Å². The molecule has 3 aliphatic rings. The fraction of sp³-hybridized carbons (Fsp3) is 0.909. The number of nitrogens with one attached hydrogen (secondary N) is 2. The van der Waals surface area contributed by atoms with Gasteiger partial charge in [0.05, 0.1) is 6.10 Å². The number of carbonyl (C=O) groups excluding carboxylic acids is 1. The van der Waals surface area contributed by atoms with Crippen LogP contribution in [0.25, 0.3) is 0 Å². The second-order valence-electron chi connectivity index (χ2n) is 9.04. The highest BCUT2D eigenvalue weighted by atomic mass is 127. The molecule has 6 nitrogen and oxygen atoms in total. The molecule has 2 saturated carbocycles. The molecule has 3 rings (SSSR count). The van der Waals surface area contributed by atoms with E-state index in [-0.39, 0.29) is 35.8 Å². The van der Waals surface area contributed by atoms with Crippen molar-refractivity contribution < 1.29 is 9.53 Å². The Labute approximate surface area is 194 Å². The summed E-state index contributed by atoms with van der Waals surface area (Å²) in [5.74, 6) is 1.31. The highest BCUT2D eigenvalue weighted by Crippen LogP contribution is 2.54. The molecule has 0 radical (unpaired) electrons. The summed E-state index contributed by atoms with van der Waals surface area (Å²) in [5, 5.41) is 7.41. The first-order valence-corrected chi connectivity index (χ1v) is 11.5. The number of ether oxygens (including phenoxy) is 1. The Bertz CT molecular complexity index is 555. The molecule has 7 heteroatoms. The predicted molar refractivity (Wildman–Crippen MR) is 129 cm³/mol. The zero-order valence-corrected chi connectivity index (χ0v) is 21.0. The predicted octanol–water partition coefficient (Wildman–Crippen LogP) is 3.54. The van der Waals surface area contributed by atoms with Gasteiger partial charge in [-0.25, -0.2) is 0 Å². The Morgan fingerprint density at radius 3 is 2.38 bits per heavy atom. The first kappa shape index (κ1) is 24.7. The molecule has 1 amide bonds. The van der Waals surface area contributed by atoms with E-state index in [1.54, 1.807) is 0 Å². The molecule has 1 spiro atoms. The molecule has 2 unspecified atom stereocenters. The maximum Gasteiger partial charge on any atom is 0.225 e. The Balaban J connectivity index is 0.00000300. The molecule has 0 aromatic heterocycles. The molecule has 1 heterocycles. The number of rotatable bonds is 6. The third-order valence-electron chi connectivity index (χ3n) is 6.96. The highest BCUT2D eigenvalue weighted by Gasteiger charge is 2.57. The third kappa shape index (κ3) is 5.57. The Morgan fingerprint density at radius 1 is 1.17 bits per heavy atom. The largest absolute Gasteiger partial charge is 0.378 e. The molecule has 1 saturated heterocycles. The molecule has 0 bridgehead atoms. The lowest BCUT2D eigenvalue weighted by Crippen LogP contribution is -2.65. The normalized spacial score (nSPS) is 26.9. The summed E-state index contributed by atoms with van der Waals surface area (Å²) >= 11 is 0. The highest BCUT2D eigenvalue weighted by molar-refractivity contribution is 14.0. The van der Waals surface area contributed by atoms with Crippen molar-refractivity contribution >= 4 is 35.8 Å². The van der Waals surface area contributed by atoms with Gasteiger partial charge in [0.25, 0.3) is 0 Å². The number of halogens is 1. The van der Waals surface area contributed by atoms with E-state index in [2.05, 4.69) is 24.5 Å². The second kappa shape index (κ2) is 11.2. The maximum atomic E-state index is 12.2. The van der Waals surface area contributed by atoms with Gasteiger partial charge in [-0.15, -0.1) is 24.0 Å². The van der Waals surface area contributed by atoms with Gasteiger partial charge in [0.15, 0.2) is 5.96 Å². The SMILES string of the molecule is CCN=C(NC1CCN(C(=O)C(C)C)CC1)NC1CC(OCC)C12CCCC2.I. The fourth-order valence-corrected chi connectivity index (χ4v) is 5.35. The lowest BCUT2D eigenvalue weighted by Gasteiger charge is -2.54. The van der Waals surface area contributed by atoms with Crippen LogP contribution < -0.4 is 10.6 Å². The molecule has 1 aliphatic heterocycles. The molecular weight excluding hydrogens is 479 g/mol. The van der Waals surface area contributed by atoms with Gasteiger partial charge in [0.2, 0.25) is 5.91 Å². The maximum absolute atomic E-state index is 12.2. The summed E-state index contributed by atoms with van der Waals surface area (Å²) < 4.78 is 6.05. The molecule has 0 aromatic rings. The molecule has 2 N–H and O–H groups in total. The van der Waals surface area contributed by atoms with Crippen molar-refractivity contribution in [3.05, 3.63) is 0 Å². The summed E-state index contributed by atoms with van der Waals surface area (Å²) in [4.78, 5) is 18.9. The van der Waals surface area contributed by atoms with E-state index in [0.29, 0.717) is 23.6 Å². The number of likely N-dealkylation sites (tertiary alicyclic amines) is 1. The average Bonchev–Trinajstić information content (AvgIpc) is 3.20. The van der Waals surface area contributed by atoms with E-state index in [9.17, 15) is 4.79 Å². The summed E-state index contributed by atoms with van der Waals surface area (Å²) in [7, 11) is 0. The van der Waals surface area contributed by atoms with Crippen LogP contribution in [0.2, 0.25) is 0 Å². The Hall–Kier alpha value is -0.570. The number of hydrogen-bond donors (Lipinski definition) is 2. The average molecular weight is 521 g/mol. The van der Waals surface area contributed by atoms with Crippen LogP contribution in [-0.2, 0) is 9.53 Å². The van der Waals surface area contributed by atoms with E-state index < -0.39 is 0 Å². The van der Waals surface area contributed by atoms with Crippen molar-refractivity contribution in [2.75, 3.05) is 26.2 Å². The van der Waals surface area contributed by atoms with E-state index in [1.165, 1.54) is 25.7 Å². The lowest BCUT2D eigenvalue weighted by atomic mass is 9.60. The summed E-state index contributed by atoms with van der Waals surface area (Å²) in [5.41, 5.74) is 0.305. The van der Waals surface area contributed by atoms with Crippen LogP contribution in [0.4, 0.5) is 0 Å². The van der Waals surface area contributed by atoms with Gasteiger partial charge in [-0.3, -0.25) is 9.79 Å². The van der Waals surface area contributed by atoms with Crippen LogP contribution in [0, 0.1) is 11.3 Å². The first-order valence-electron chi connectivity index (χ1n) is 11.5. The molecule has 29 heavy (non-hydrogen) atoms. The van der Waals surface area contributed by atoms with Crippen molar-refractivity contribution in [3.8, 4) is 0 Å². The van der Waals surface area contributed by atoms with Gasteiger partial charge in [-0.1, -0.05) is 26.7 Å². The summed E-state index contributed by atoms with van der Waals surface area (Å²) in [6.45, 7) is 11.4. The first-order chi connectivity index (χ1) is 13.5. The molecular formula is C22H41IN4O2. The van der Waals surface area contributed by atoms with Gasteiger partial charge in [0, 0.05) is 49.7 Å². The molecule has 0 aromatic carbocycles. The Morgan fingerprint density at radius 2 is 1.83 bits per heavy atom. The van der Waals surface area contributed by atoms with Crippen LogP contribution >= 0.6 is 24.0 Å². The molecule has 2 atom stereocenters. The van der Waals surface area contributed by atoms with Gasteiger partial charge < -0.3 is 20.3 Å². The number of piperidine rings is 1. The van der Waals surface area contributed by atoms with E-state index >= 15 is 0 Å². The minimum absolute atomic E-state index is 0.